The molecule has 1 heterocycles. The number of benzene rings is 1. The maximum Gasteiger partial charge on any atom is 0.196 e. The zero-order chi connectivity index (χ0) is 10.5. The predicted molar refractivity (Wildman–Crippen MR) is 59.6 cm³/mol. The van der Waals surface area contributed by atoms with Gasteiger partial charge in [-0.15, -0.1) is 0 Å². The highest BCUT2D eigenvalue weighted by atomic mass is 16.4. The third-order valence-electron chi connectivity index (χ3n) is 2.20. The first-order valence-electron chi connectivity index (χ1n) is 5.05. The molecule has 15 heavy (non-hydrogen) atoms. The number of rotatable bonds is 4. The van der Waals surface area contributed by atoms with E-state index in [-0.39, 0.29) is 0 Å². The molecule has 0 bridgehead atoms. The van der Waals surface area contributed by atoms with Crippen molar-refractivity contribution in [2.45, 2.75) is 6.42 Å². The van der Waals surface area contributed by atoms with Gasteiger partial charge in [0, 0.05) is 18.5 Å². The van der Waals surface area contributed by atoms with Gasteiger partial charge in [-0.1, -0.05) is 30.3 Å². The van der Waals surface area contributed by atoms with Crippen LogP contribution in [-0.2, 0) is 6.42 Å². The molecule has 0 aliphatic heterocycles. The van der Waals surface area contributed by atoms with Crippen LogP contribution in [0.25, 0.3) is 11.3 Å². The van der Waals surface area contributed by atoms with Crippen LogP contribution >= 0.6 is 0 Å². The fraction of sp³-hybridized carbons (Fsp3) is 0.250. The fourth-order valence-electron chi connectivity index (χ4n) is 1.39. The van der Waals surface area contributed by atoms with Gasteiger partial charge in [-0.3, -0.25) is 0 Å². The van der Waals surface area contributed by atoms with E-state index in [9.17, 15) is 0 Å². The van der Waals surface area contributed by atoms with Gasteiger partial charge in [-0.05, 0) is 7.05 Å². The molecule has 2 rings (SSSR count). The SMILES string of the molecule is CNCCc1ncc(-c2ccccc2)o1. The van der Waals surface area contributed by atoms with Crippen LogP contribution in [-0.4, -0.2) is 18.6 Å². The predicted octanol–water partition coefficient (Wildman–Crippen LogP) is 2.10. The summed E-state index contributed by atoms with van der Waals surface area (Å²) in [6.45, 7) is 0.884. The lowest BCUT2D eigenvalue weighted by Crippen LogP contribution is -2.10. The minimum atomic E-state index is 0.781. The molecule has 3 nitrogen and oxygen atoms in total. The van der Waals surface area contributed by atoms with Crippen LogP contribution in [0.3, 0.4) is 0 Å². The molecular weight excluding hydrogens is 188 g/mol. The van der Waals surface area contributed by atoms with Crippen LogP contribution in [0.4, 0.5) is 0 Å². The maximum absolute atomic E-state index is 5.62. The van der Waals surface area contributed by atoms with Crippen LogP contribution in [0.2, 0.25) is 0 Å². The Bertz CT molecular complexity index is 409. The minimum absolute atomic E-state index is 0.781. The van der Waals surface area contributed by atoms with E-state index >= 15 is 0 Å². The van der Waals surface area contributed by atoms with Crippen molar-refractivity contribution in [3.63, 3.8) is 0 Å². The molecule has 0 amide bonds. The highest BCUT2D eigenvalue weighted by Crippen LogP contribution is 2.19. The average Bonchev–Trinajstić information content (AvgIpc) is 2.76. The molecule has 0 radical (unpaired) electrons. The summed E-state index contributed by atoms with van der Waals surface area (Å²) in [6.07, 6.45) is 2.60. The number of nitrogens with zero attached hydrogens (tertiary/aromatic N) is 1. The van der Waals surface area contributed by atoms with Gasteiger partial charge in [0.2, 0.25) is 0 Å². The van der Waals surface area contributed by atoms with E-state index in [2.05, 4.69) is 10.3 Å². The molecule has 1 N–H and O–H groups in total. The summed E-state index contributed by atoms with van der Waals surface area (Å²) >= 11 is 0. The lowest BCUT2D eigenvalue weighted by molar-refractivity contribution is 0.501. The molecule has 0 spiro atoms. The smallest absolute Gasteiger partial charge is 0.196 e. The highest BCUT2D eigenvalue weighted by Gasteiger charge is 2.04. The molecular formula is C12H14N2O. The second-order valence-corrected chi connectivity index (χ2v) is 3.34. The van der Waals surface area contributed by atoms with E-state index in [1.807, 2.05) is 37.4 Å². The van der Waals surface area contributed by atoms with Crippen LogP contribution in [0.1, 0.15) is 5.89 Å². The normalized spacial score (nSPS) is 10.5. The van der Waals surface area contributed by atoms with E-state index in [0.717, 1.165) is 30.2 Å². The van der Waals surface area contributed by atoms with Crippen molar-refractivity contribution in [3.05, 3.63) is 42.4 Å². The number of hydrogen-bond acceptors (Lipinski definition) is 3. The van der Waals surface area contributed by atoms with Crippen molar-refractivity contribution in [1.82, 2.24) is 10.3 Å². The number of hydrogen-bond donors (Lipinski definition) is 1. The molecule has 78 valence electrons. The molecule has 1 aromatic carbocycles. The van der Waals surface area contributed by atoms with Crippen LogP contribution in [0.15, 0.2) is 40.9 Å². The van der Waals surface area contributed by atoms with Crippen molar-refractivity contribution in [2.24, 2.45) is 0 Å². The van der Waals surface area contributed by atoms with Crippen molar-refractivity contribution in [1.29, 1.82) is 0 Å². The first-order valence-corrected chi connectivity index (χ1v) is 5.05. The first-order chi connectivity index (χ1) is 7.40. The van der Waals surface area contributed by atoms with Crippen molar-refractivity contribution in [3.8, 4) is 11.3 Å². The maximum atomic E-state index is 5.62. The molecule has 0 aliphatic rings. The number of oxazole rings is 1. The van der Waals surface area contributed by atoms with E-state index in [4.69, 9.17) is 4.42 Å². The molecule has 0 atom stereocenters. The summed E-state index contributed by atoms with van der Waals surface area (Å²) in [4.78, 5) is 4.22. The second kappa shape index (κ2) is 4.75. The van der Waals surface area contributed by atoms with Gasteiger partial charge in [0.15, 0.2) is 11.7 Å². The summed E-state index contributed by atoms with van der Waals surface area (Å²) < 4.78 is 5.62. The Balaban J connectivity index is 2.14. The quantitative estimate of drug-likeness (QED) is 0.825. The molecule has 0 saturated heterocycles. The van der Waals surface area contributed by atoms with Crippen LogP contribution in [0, 0.1) is 0 Å². The van der Waals surface area contributed by atoms with Crippen molar-refractivity contribution < 1.29 is 4.42 Å². The number of aromatic nitrogens is 1. The average molecular weight is 202 g/mol. The summed E-state index contributed by atoms with van der Waals surface area (Å²) in [5.41, 5.74) is 1.07. The molecule has 3 heteroatoms. The summed E-state index contributed by atoms with van der Waals surface area (Å²) in [5, 5.41) is 3.07. The largest absolute Gasteiger partial charge is 0.441 e. The molecule has 0 aliphatic carbocycles. The van der Waals surface area contributed by atoms with Gasteiger partial charge in [-0.2, -0.15) is 0 Å². The zero-order valence-corrected chi connectivity index (χ0v) is 8.73. The molecule has 0 fully saturated rings. The third-order valence-corrected chi connectivity index (χ3v) is 2.20. The monoisotopic (exact) mass is 202 g/mol. The van der Waals surface area contributed by atoms with Crippen LogP contribution in [0.5, 0.6) is 0 Å². The van der Waals surface area contributed by atoms with Crippen molar-refractivity contribution in [2.75, 3.05) is 13.6 Å². The Kier molecular flexibility index (Phi) is 3.15. The minimum Gasteiger partial charge on any atom is -0.441 e. The summed E-state index contributed by atoms with van der Waals surface area (Å²) in [7, 11) is 1.92. The Labute approximate surface area is 89.1 Å². The van der Waals surface area contributed by atoms with E-state index in [1.54, 1.807) is 6.20 Å². The van der Waals surface area contributed by atoms with Crippen LogP contribution < -0.4 is 5.32 Å². The summed E-state index contributed by atoms with van der Waals surface area (Å²) in [5.74, 6) is 1.62. The molecule has 1 aromatic heterocycles. The Morgan fingerprint density at radius 1 is 1.27 bits per heavy atom. The van der Waals surface area contributed by atoms with E-state index < -0.39 is 0 Å². The van der Waals surface area contributed by atoms with Gasteiger partial charge in [0.05, 0.1) is 6.20 Å². The van der Waals surface area contributed by atoms with Gasteiger partial charge in [0.1, 0.15) is 0 Å². The van der Waals surface area contributed by atoms with Gasteiger partial charge >= 0.3 is 0 Å². The Morgan fingerprint density at radius 2 is 2.07 bits per heavy atom. The lowest BCUT2D eigenvalue weighted by Gasteiger charge is -1.95. The summed E-state index contributed by atoms with van der Waals surface area (Å²) in [6, 6.07) is 10.0. The van der Waals surface area contributed by atoms with E-state index in [1.165, 1.54) is 0 Å². The van der Waals surface area contributed by atoms with Gasteiger partial charge < -0.3 is 9.73 Å². The second-order valence-electron chi connectivity index (χ2n) is 3.34. The zero-order valence-electron chi connectivity index (χ0n) is 8.73. The van der Waals surface area contributed by atoms with E-state index in [0.29, 0.717) is 0 Å². The molecule has 2 aromatic rings. The van der Waals surface area contributed by atoms with Crippen molar-refractivity contribution >= 4 is 0 Å². The van der Waals surface area contributed by atoms with Gasteiger partial charge in [0.25, 0.3) is 0 Å². The topological polar surface area (TPSA) is 38.1 Å². The fourth-order valence-corrected chi connectivity index (χ4v) is 1.39. The number of likely N-dealkylation sites (N-methyl/N-ethyl adjacent to an activating group) is 1. The molecule has 0 saturated carbocycles. The highest BCUT2D eigenvalue weighted by molar-refractivity contribution is 5.55. The number of nitrogens with one attached hydrogen (secondary N) is 1. The van der Waals surface area contributed by atoms with Gasteiger partial charge in [-0.25, -0.2) is 4.98 Å². The third kappa shape index (κ3) is 2.44. The molecule has 0 unspecified atom stereocenters. The lowest BCUT2D eigenvalue weighted by atomic mass is 10.2. The first kappa shape index (κ1) is 9.93. The Morgan fingerprint density at radius 3 is 2.80 bits per heavy atom. The Hall–Kier alpha value is -1.61. The standard InChI is InChI=1S/C12H14N2O/c1-13-8-7-12-14-9-11(15-12)10-5-3-2-4-6-10/h2-6,9,13H,7-8H2,1H3.